The van der Waals surface area contributed by atoms with Crippen LogP contribution in [0.1, 0.15) is 29.5 Å². The van der Waals surface area contributed by atoms with Gasteiger partial charge in [0.25, 0.3) is 0 Å². The first kappa shape index (κ1) is 15.8. The number of hydrogen-bond donors (Lipinski definition) is 0. The van der Waals surface area contributed by atoms with Gasteiger partial charge in [-0.15, -0.1) is 0 Å². The number of carbonyl (C=O) groups excluding carboxylic acids is 1. The van der Waals surface area contributed by atoms with E-state index in [1.54, 1.807) is 0 Å². The van der Waals surface area contributed by atoms with Crippen molar-refractivity contribution in [1.82, 2.24) is 0 Å². The topological polar surface area (TPSA) is 26.3 Å². The zero-order valence-corrected chi connectivity index (χ0v) is 13.7. The number of carbonyl (C=O) groups is 1. The molecule has 0 aliphatic heterocycles. The fourth-order valence-electron chi connectivity index (χ4n) is 2.79. The van der Waals surface area contributed by atoms with Crippen LogP contribution in [-0.2, 0) is 17.6 Å². The van der Waals surface area contributed by atoms with Crippen LogP contribution in [0.2, 0.25) is 5.02 Å². The molecule has 23 heavy (non-hydrogen) atoms. The highest BCUT2D eigenvalue weighted by atomic mass is 35.5. The van der Waals surface area contributed by atoms with Gasteiger partial charge in [0.1, 0.15) is 12.0 Å². The van der Waals surface area contributed by atoms with E-state index >= 15 is 0 Å². The summed E-state index contributed by atoms with van der Waals surface area (Å²) in [5.41, 5.74) is 4.53. The molecule has 0 bridgehead atoms. The number of ether oxygens (including phenoxy) is 1. The summed E-state index contributed by atoms with van der Waals surface area (Å²) in [6, 6.07) is 14.1. The minimum atomic E-state index is 0.691. The van der Waals surface area contributed by atoms with Gasteiger partial charge in [0.2, 0.25) is 0 Å². The predicted molar refractivity (Wildman–Crippen MR) is 94.1 cm³/mol. The zero-order valence-electron chi connectivity index (χ0n) is 12.9. The molecule has 0 unspecified atom stereocenters. The van der Waals surface area contributed by atoms with E-state index in [1.165, 1.54) is 11.1 Å². The van der Waals surface area contributed by atoms with E-state index in [1.807, 2.05) is 30.3 Å². The van der Waals surface area contributed by atoms with Crippen molar-refractivity contribution in [2.24, 2.45) is 0 Å². The van der Waals surface area contributed by atoms with Gasteiger partial charge in [-0.25, -0.2) is 0 Å². The molecule has 2 nitrogen and oxygen atoms in total. The summed E-state index contributed by atoms with van der Waals surface area (Å²) in [5, 5.41) is 0.769. The van der Waals surface area contributed by atoms with E-state index < -0.39 is 0 Å². The van der Waals surface area contributed by atoms with Crippen LogP contribution in [0.5, 0.6) is 5.75 Å². The average Bonchev–Trinajstić information content (AvgIpc) is 2.59. The van der Waals surface area contributed by atoms with Crippen LogP contribution in [0, 0.1) is 0 Å². The molecule has 1 aliphatic carbocycles. The maximum absolute atomic E-state index is 10.8. The third-order valence-electron chi connectivity index (χ3n) is 4.08. The molecule has 0 heterocycles. The van der Waals surface area contributed by atoms with E-state index in [4.69, 9.17) is 16.3 Å². The Balaban J connectivity index is 1.52. The molecule has 118 valence electrons. The summed E-state index contributed by atoms with van der Waals surface area (Å²) in [6.45, 7) is 0.691. The average molecular weight is 327 g/mol. The minimum Gasteiger partial charge on any atom is -0.494 e. The molecule has 0 atom stereocenters. The molecule has 2 aromatic carbocycles. The zero-order chi connectivity index (χ0) is 16.1. The number of halogens is 1. The van der Waals surface area contributed by atoms with Crippen molar-refractivity contribution in [3.8, 4) is 5.75 Å². The van der Waals surface area contributed by atoms with Gasteiger partial charge in [-0.1, -0.05) is 29.8 Å². The van der Waals surface area contributed by atoms with Crippen molar-refractivity contribution in [2.45, 2.75) is 25.7 Å². The number of fused-ring (bicyclic) bond motifs is 1. The van der Waals surface area contributed by atoms with Gasteiger partial charge in [-0.3, -0.25) is 4.79 Å². The summed E-state index contributed by atoms with van der Waals surface area (Å²) in [6.07, 6.45) is 6.58. The van der Waals surface area contributed by atoms with Gasteiger partial charge in [0, 0.05) is 5.02 Å². The van der Waals surface area contributed by atoms with Gasteiger partial charge in [0.05, 0.1) is 6.61 Å². The van der Waals surface area contributed by atoms with E-state index in [0.29, 0.717) is 6.61 Å². The van der Waals surface area contributed by atoms with Crippen molar-refractivity contribution in [3.05, 3.63) is 69.8 Å². The number of rotatable bonds is 6. The molecule has 3 heteroatoms. The normalized spacial score (nSPS) is 13.2. The Kier molecular flexibility index (Phi) is 5.14. The number of aldehydes is 1. The molecular formula is C20H19ClO2. The summed E-state index contributed by atoms with van der Waals surface area (Å²) in [5.74, 6) is 0.905. The Morgan fingerprint density at radius 2 is 1.91 bits per heavy atom. The lowest BCUT2D eigenvalue weighted by molar-refractivity contribution is -0.105. The second-order valence-electron chi connectivity index (χ2n) is 5.78. The second-order valence-corrected chi connectivity index (χ2v) is 6.21. The van der Waals surface area contributed by atoms with Crippen LogP contribution >= 0.6 is 11.6 Å². The summed E-state index contributed by atoms with van der Waals surface area (Å²) in [7, 11) is 0. The minimum absolute atomic E-state index is 0.691. The Hall–Kier alpha value is -2.06. The lowest BCUT2D eigenvalue weighted by Crippen LogP contribution is -2.03. The van der Waals surface area contributed by atoms with Crippen LogP contribution < -0.4 is 4.74 Å². The summed E-state index contributed by atoms with van der Waals surface area (Å²) >= 11 is 5.88. The molecule has 0 N–H and O–H groups in total. The van der Waals surface area contributed by atoms with Crippen LogP contribution in [0.4, 0.5) is 0 Å². The summed E-state index contributed by atoms with van der Waals surface area (Å²) < 4.78 is 5.85. The Labute approximate surface area is 141 Å². The SMILES string of the molecule is O=CC1=Cc2ccc(OCCCc3ccc(Cl)cc3)cc2CC1. The first-order valence-corrected chi connectivity index (χ1v) is 8.28. The Bertz CT molecular complexity index is 717. The smallest absolute Gasteiger partial charge is 0.146 e. The van der Waals surface area contributed by atoms with Gasteiger partial charge in [-0.05, 0) is 78.3 Å². The lowest BCUT2D eigenvalue weighted by Gasteiger charge is -2.15. The molecule has 2 aromatic rings. The van der Waals surface area contributed by atoms with E-state index in [2.05, 4.69) is 18.2 Å². The van der Waals surface area contributed by atoms with Gasteiger partial charge in [-0.2, -0.15) is 0 Å². The first-order chi connectivity index (χ1) is 11.2. The molecule has 1 aliphatic rings. The van der Waals surface area contributed by atoms with Crippen LogP contribution in [0.25, 0.3) is 6.08 Å². The molecule has 0 fully saturated rings. The Morgan fingerprint density at radius 1 is 1.09 bits per heavy atom. The molecule has 0 aromatic heterocycles. The van der Waals surface area contributed by atoms with Gasteiger partial charge >= 0.3 is 0 Å². The van der Waals surface area contributed by atoms with E-state index in [-0.39, 0.29) is 0 Å². The first-order valence-electron chi connectivity index (χ1n) is 7.90. The molecule has 0 radical (unpaired) electrons. The maximum atomic E-state index is 10.8. The third-order valence-corrected chi connectivity index (χ3v) is 4.33. The fraction of sp³-hybridized carbons (Fsp3) is 0.250. The van der Waals surface area contributed by atoms with Gasteiger partial charge in [0.15, 0.2) is 0 Å². The molecule has 0 amide bonds. The van der Waals surface area contributed by atoms with Crippen LogP contribution in [-0.4, -0.2) is 12.9 Å². The van der Waals surface area contributed by atoms with Crippen molar-refractivity contribution in [1.29, 1.82) is 0 Å². The quantitative estimate of drug-likeness (QED) is 0.558. The highest BCUT2D eigenvalue weighted by molar-refractivity contribution is 6.30. The number of benzene rings is 2. The molecule has 0 saturated carbocycles. The predicted octanol–water partition coefficient (Wildman–Crippen LogP) is 4.88. The van der Waals surface area contributed by atoms with Crippen molar-refractivity contribution >= 4 is 24.0 Å². The van der Waals surface area contributed by atoms with Crippen LogP contribution in [0.3, 0.4) is 0 Å². The van der Waals surface area contributed by atoms with Crippen LogP contribution in [0.15, 0.2) is 48.0 Å². The Morgan fingerprint density at radius 3 is 2.70 bits per heavy atom. The summed E-state index contributed by atoms with van der Waals surface area (Å²) in [4.78, 5) is 10.8. The number of aryl methyl sites for hydroxylation is 2. The highest BCUT2D eigenvalue weighted by Crippen LogP contribution is 2.26. The molecule has 0 spiro atoms. The highest BCUT2D eigenvalue weighted by Gasteiger charge is 2.10. The fourth-order valence-corrected chi connectivity index (χ4v) is 2.92. The number of allylic oxidation sites excluding steroid dienone is 1. The molecular weight excluding hydrogens is 308 g/mol. The van der Waals surface area contributed by atoms with Crippen molar-refractivity contribution < 1.29 is 9.53 Å². The molecule has 0 saturated heterocycles. The van der Waals surface area contributed by atoms with Crippen molar-refractivity contribution in [3.63, 3.8) is 0 Å². The maximum Gasteiger partial charge on any atom is 0.146 e. The molecule has 3 rings (SSSR count). The largest absolute Gasteiger partial charge is 0.494 e. The lowest BCUT2D eigenvalue weighted by atomic mass is 9.93. The monoisotopic (exact) mass is 326 g/mol. The second kappa shape index (κ2) is 7.47. The van der Waals surface area contributed by atoms with E-state index in [9.17, 15) is 4.79 Å². The van der Waals surface area contributed by atoms with Crippen molar-refractivity contribution in [2.75, 3.05) is 6.61 Å². The standard InChI is InChI=1S/C20H19ClO2/c21-19-8-4-15(5-9-19)2-1-11-23-20-10-7-17-12-16(14-22)3-6-18(17)13-20/h4-5,7-10,12-14H,1-3,6,11H2. The van der Waals surface area contributed by atoms with E-state index in [0.717, 1.165) is 53.9 Å². The third kappa shape index (κ3) is 4.23. The van der Waals surface area contributed by atoms with Gasteiger partial charge < -0.3 is 4.74 Å². The number of hydrogen-bond acceptors (Lipinski definition) is 2.